The van der Waals surface area contributed by atoms with Gasteiger partial charge in [0.1, 0.15) is 24.9 Å². The molecule has 0 fully saturated rings. The van der Waals surface area contributed by atoms with E-state index in [1.54, 1.807) is 18.8 Å². The molecule has 8 rings (SSSR count). The van der Waals surface area contributed by atoms with Crippen LogP contribution in [0.5, 0.6) is 11.5 Å². The molecular formula is C51H48FN5O4. The molecule has 61 heavy (non-hydrogen) atoms. The Bertz CT molecular complexity index is 2600. The van der Waals surface area contributed by atoms with Crippen molar-refractivity contribution in [1.29, 1.82) is 0 Å². The number of rotatable bonds is 18. The minimum Gasteiger partial charge on any atom is -0.497 e. The number of nitrogens with zero attached hydrogens (tertiary/aromatic N) is 3. The van der Waals surface area contributed by atoms with Crippen molar-refractivity contribution in [2.24, 2.45) is 0 Å². The minimum absolute atomic E-state index is 0.0858. The third kappa shape index (κ3) is 8.81. The van der Waals surface area contributed by atoms with Crippen molar-refractivity contribution < 1.29 is 18.6 Å². The van der Waals surface area contributed by atoms with Crippen molar-refractivity contribution in [3.63, 3.8) is 0 Å². The van der Waals surface area contributed by atoms with Crippen LogP contribution < -0.4 is 20.3 Å². The molecule has 0 bridgehead atoms. The number of halogens is 1. The van der Waals surface area contributed by atoms with E-state index in [4.69, 9.17) is 19.2 Å². The predicted molar refractivity (Wildman–Crippen MR) is 238 cm³/mol. The lowest BCUT2D eigenvalue weighted by atomic mass is 9.67. The van der Waals surface area contributed by atoms with Crippen LogP contribution in [0, 0.1) is 0 Å². The van der Waals surface area contributed by atoms with Gasteiger partial charge in [-0.25, -0.2) is 9.37 Å². The first-order chi connectivity index (χ1) is 29.9. The van der Waals surface area contributed by atoms with Gasteiger partial charge < -0.3 is 19.5 Å². The van der Waals surface area contributed by atoms with E-state index in [0.29, 0.717) is 24.9 Å². The van der Waals surface area contributed by atoms with Crippen LogP contribution in [0.1, 0.15) is 39.8 Å². The molecule has 0 aliphatic heterocycles. The molecule has 8 aromatic rings. The summed E-state index contributed by atoms with van der Waals surface area (Å²) >= 11 is 0. The molecule has 308 valence electrons. The number of hydrogen-bond donors (Lipinski definition) is 2. The van der Waals surface area contributed by atoms with Crippen molar-refractivity contribution in [3.8, 4) is 11.5 Å². The first kappa shape index (κ1) is 40.7. The third-order valence-corrected chi connectivity index (χ3v) is 11.5. The molecule has 0 spiro atoms. The van der Waals surface area contributed by atoms with E-state index in [0.717, 1.165) is 44.9 Å². The number of ether oxygens (including phenoxy) is 3. The Morgan fingerprint density at radius 1 is 0.656 bits per heavy atom. The van der Waals surface area contributed by atoms with Crippen LogP contribution in [0.4, 0.5) is 10.3 Å². The topological polar surface area (TPSA) is 103 Å². The highest BCUT2D eigenvalue weighted by atomic mass is 19.1. The maximum atomic E-state index is 15.4. The standard InChI is InChI=1S/C51H48FN5O4/c1-59-43-27-23-37(24-28-43)31-50(39-15-7-3-8-16-39,40-17-9-4-10-18-40)33-45(34-52)61-36-57-35-53-46-47(57)54-49(55-48(46)58)56-51(41-19-11-5-12-20-41,42-21-13-6-14-22-42)32-38-25-29-44(60-2)30-26-38/h3-30,35,45H,31-34,36H2,1-2H3,(H2,54,55,56,58). The number of hydrogen-bond acceptors (Lipinski definition) is 7. The van der Waals surface area contributed by atoms with Gasteiger partial charge >= 0.3 is 0 Å². The molecule has 0 aliphatic carbocycles. The minimum atomic E-state index is -0.872. The fourth-order valence-electron chi connectivity index (χ4n) is 8.38. The van der Waals surface area contributed by atoms with Crippen LogP contribution in [0.15, 0.2) is 181 Å². The molecule has 9 nitrogen and oxygen atoms in total. The molecule has 0 saturated carbocycles. The van der Waals surface area contributed by atoms with Gasteiger partial charge in [0.15, 0.2) is 11.2 Å². The zero-order valence-corrected chi connectivity index (χ0v) is 34.2. The van der Waals surface area contributed by atoms with Crippen molar-refractivity contribution in [3.05, 3.63) is 220 Å². The first-order valence-corrected chi connectivity index (χ1v) is 20.3. The highest BCUT2D eigenvalue weighted by molar-refractivity contribution is 5.71. The Hall–Kier alpha value is -7.04. The summed E-state index contributed by atoms with van der Waals surface area (Å²) in [6.45, 7) is -0.822. The van der Waals surface area contributed by atoms with Gasteiger partial charge in [-0.1, -0.05) is 146 Å². The van der Waals surface area contributed by atoms with Crippen LogP contribution in [0.2, 0.25) is 0 Å². The van der Waals surface area contributed by atoms with Crippen molar-refractivity contribution in [1.82, 2.24) is 19.5 Å². The fourth-order valence-corrected chi connectivity index (χ4v) is 8.38. The van der Waals surface area contributed by atoms with Crippen molar-refractivity contribution >= 4 is 17.1 Å². The Morgan fingerprint density at radius 3 is 1.61 bits per heavy atom. The van der Waals surface area contributed by atoms with E-state index in [1.165, 1.54) is 6.33 Å². The molecule has 0 aliphatic rings. The van der Waals surface area contributed by atoms with Gasteiger partial charge in [0.2, 0.25) is 5.95 Å². The van der Waals surface area contributed by atoms with Crippen molar-refractivity contribution in [2.45, 2.75) is 43.1 Å². The van der Waals surface area contributed by atoms with Gasteiger partial charge in [0.25, 0.3) is 5.56 Å². The van der Waals surface area contributed by atoms with E-state index in [9.17, 15) is 4.79 Å². The molecule has 0 amide bonds. The largest absolute Gasteiger partial charge is 0.497 e. The average Bonchev–Trinajstić information content (AvgIpc) is 3.74. The summed E-state index contributed by atoms with van der Waals surface area (Å²) in [5.74, 6) is 1.76. The summed E-state index contributed by atoms with van der Waals surface area (Å²) in [5.41, 5.74) is 4.65. The second kappa shape index (κ2) is 18.5. The SMILES string of the molecule is COc1ccc(CC(CC(CF)OCn2cnc3c(=O)[nH]c(NC(Cc4ccc(OC)cc4)(c4ccccc4)c4ccccc4)nc32)(c2ccccc2)c2ccccc2)cc1. The molecule has 0 saturated heterocycles. The lowest BCUT2D eigenvalue weighted by Crippen LogP contribution is -2.40. The van der Waals surface area contributed by atoms with Crippen LogP contribution >= 0.6 is 0 Å². The van der Waals surface area contributed by atoms with E-state index in [-0.39, 0.29) is 18.2 Å². The lowest BCUT2D eigenvalue weighted by molar-refractivity contribution is -0.0186. The van der Waals surface area contributed by atoms with Gasteiger partial charge in [-0.15, -0.1) is 0 Å². The highest BCUT2D eigenvalue weighted by Crippen LogP contribution is 2.41. The third-order valence-electron chi connectivity index (χ3n) is 11.5. The molecule has 0 radical (unpaired) electrons. The van der Waals surface area contributed by atoms with Crippen LogP contribution in [-0.2, 0) is 35.3 Å². The van der Waals surface area contributed by atoms with Gasteiger partial charge in [0.05, 0.1) is 32.2 Å². The Kier molecular flexibility index (Phi) is 12.3. The van der Waals surface area contributed by atoms with Gasteiger partial charge in [-0.3, -0.25) is 14.3 Å². The number of methoxy groups -OCH3 is 2. The summed E-state index contributed by atoms with van der Waals surface area (Å²) in [6, 6.07) is 56.6. The maximum absolute atomic E-state index is 15.4. The number of aromatic amines is 1. The van der Waals surface area contributed by atoms with Crippen LogP contribution in [0.3, 0.4) is 0 Å². The first-order valence-electron chi connectivity index (χ1n) is 20.3. The normalized spacial score (nSPS) is 12.2. The van der Waals surface area contributed by atoms with E-state index >= 15 is 4.39 Å². The van der Waals surface area contributed by atoms with Gasteiger partial charge in [-0.05, 0) is 70.5 Å². The number of aromatic nitrogens is 4. The van der Waals surface area contributed by atoms with Gasteiger partial charge in [-0.2, -0.15) is 4.98 Å². The van der Waals surface area contributed by atoms with E-state index < -0.39 is 29.3 Å². The average molecular weight is 814 g/mol. The summed E-state index contributed by atoms with van der Waals surface area (Å²) in [6.07, 6.45) is 2.12. The second-order valence-electron chi connectivity index (χ2n) is 15.2. The van der Waals surface area contributed by atoms with Crippen molar-refractivity contribution in [2.75, 3.05) is 26.2 Å². The summed E-state index contributed by atoms with van der Waals surface area (Å²) in [5, 5.41) is 3.68. The molecule has 2 heterocycles. The van der Waals surface area contributed by atoms with E-state index in [2.05, 4.69) is 75.9 Å². The summed E-state index contributed by atoms with van der Waals surface area (Å²) < 4.78 is 34.4. The zero-order valence-electron chi connectivity index (χ0n) is 34.2. The molecule has 2 aromatic heterocycles. The summed E-state index contributed by atoms with van der Waals surface area (Å²) in [7, 11) is 3.29. The Morgan fingerprint density at radius 2 is 1.13 bits per heavy atom. The lowest BCUT2D eigenvalue weighted by Gasteiger charge is -2.38. The van der Waals surface area contributed by atoms with E-state index in [1.807, 2.05) is 109 Å². The Labute approximate surface area is 354 Å². The molecule has 1 atom stereocenters. The number of imidazole rings is 1. The number of H-pyrrole nitrogens is 1. The maximum Gasteiger partial charge on any atom is 0.280 e. The monoisotopic (exact) mass is 813 g/mol. The molecule has 6 aromatic carbocycles. The molecular weight excluding hydrogens is 766 g/mol. The van der Waals surface area contributed by atoms with Gasteiger partial charge in [0, 0.05) is 11.8 Å². The second-order valence-corrected chi connectivity index (χ2v) is 15.2. The zero-order chi connectivity index (χ0) is 42.1. The van der Waals surface area contributed by atoms with Crippen LogP contribution in [0.25, 0.3) is 11.2 Å². The number of benzene rings is 6. The number of fused-ring (bicyclic) bond motifs is 1. The quantitative estimate of drug-likeness (QED) is 0.0890. The number of nitrogens with one attached hydrogen (secondary N) is 2. The fraction of sp³-hybridized carbons (Fsp3) is 0.196. The predicted octanol–water partition coefficient (Wildman–Crippen LogP) is 9.67. The Balaban J connectivity index is 1.14. The number of anilines is 1. The number of alkyl halides is 1. The highest BCUT2D eigenvalue weighted by Gasteiger charge is 2.38. The van der Waals surface area contributed by atoms with Crippen LogP contribution in [-0.4, -0.2) is 46.5 Å². The molecule has 1 unspecified atom stereocenters. The molecule has 10 heteroatoms. The summed E-state index contributed by atoms with van der Waals surface area (Å²) in [4.78, 5) is 26.1. The molecule has 2 N–H and O–H groups in total. The smallest absolute Gasteiger partial charge is 0.280 e.